The van der Waals surface area contributed by atoms with Crippen molar-refractivity contribution in [1.82, 2.24) is 5.23 Å². The molecule has 17 heteroatoms. The zero-order valence-corrected chi connectivity index (χ0v) is 27.2. The maximum absolute atomic E-state index is 14.0. The van der Waals surface area contributed by atoms with Gasteiger partial charge in [0.1, 0.15) is 12.7 Å². The molecule has 17 nitrogen and oxygen atoms in total. The van der Waals surface area contributed by atoms with Gasteiger partial charge in [-0.3, -0.25) is 38.4 Å². The van der Waals surface area contributed by atoms with Crippen LogP contribution in [0.4, 0.5) is 5.69 Å². The Morgan fingerprint density at radius 3 is 1.96 bits per heavy atom. The molecule has 0 bridgehead atoms. The van der Waals surface area contributed by atoms with E-state index in [2.05, 4.69) is 0 Å². The van der Waals surface area contributed by atoms with Gasteiger partial charge in [0.15, 0.2) is 30.7 Å². The lowest BCUT2D eigenvalue weighted by molar-refractivity contribution is -0.444. The Balaban J connectivity index is 1.85. The Kier molecular flexibility index (Phi) is 11.9. The van der Waals surface area contributed by atoms with Crippen LogP contribution in [0.3, 0.4) is 0 Å². The van der Waals surface area contributed by atoms with Crippen molar-refractivity contribution < 1.29 is 71.7 Å². The summed E-state index contributed by atoms with van der Waals surface area (Å²) in [4.78, 5) is 102. The number of carbonyl (C=O) groups excluding carboxylic acids is 7. The maximum atomic E-state index is 14.0. The number of carbonyl (C=O) groups is 7. The Labute approximate surface area is 275 Å². The quantitative estimate of drug-likeness (QED) is 0.161. The van der Waals surface area contributed by atoms with Gasteiger partial charge in [0.05, 0.1) is 17.6 Å². The van der Waals surface area contributed by atoms with E-state index in [1.165, 1.54) is 0 Å². The first-order chi connectivity index (χ1) is 22.7. The summed E-state index contributed by atoms with van der Waals surface area (Å²) in [5, 5.41) is 0.951. The molecule has 3 aliphatic heterocycles. The van der Waals surface area contributed by atoms with Crippen molar-refractivity contribution in [1.29, 1.82) is 0 Å². The average molecular weight is 679 g/mol. The Hall–Kier alpha value is -4.45. The first-order valence-electron chi connectivity index (χ1n) is 15.2. The van der Waals surface area contributed by atoms with Crippen molar-refractivity contribution in [3.63, 3.8) is 0 Å². The van der Waals surface area contributed by atoms with E-state index in [4.69, 9.17) is 38.1 Å². The molecular formula is C31H38N2O15. The van der Waals surface area contributed by atoms with E-state index >= 15 is 0 Å². The van der Waals surface area contributed by atoms with Crippen molar-refractivity contribution in [3.8, 4) is 0 Å². The number of esters is 5. The minimum absolute atomic E-state index is 0.112. The molecule has 48 heavy (non-hydrogen) atoms. The summed E-state index contributed by atoms with van der Waals surface area (Å²) < 4.78 is 33.1. The van der Waals surface area contributed by atoms with E-state index in [0.29, 0.717) is 5.69 Å². The third-order valence-electron chi connectivity index (χ3n) is 7.73. The summed E-state index contributed by atoms with van der Waals surface area (Å²) in [5.41, 5.74) is 0.302. The van der Waals surface area contributed by atoms with Crippen molar-refractivity contribution in [2.24, 2.45) is 11.8 Å². The predicted molar refractivity (Wildman–Crippen MR) is 156 cm³/mol. The topological polar surface area (TPSA) is 200 Å². The first kappa shape index (κ1) is 36.4. The summed E-state index contributed by atoms with van der Waals surface area (Å²) in [5.74, 6) is -7.95. The van der Waals surface area contributed by atoms with Crippen LogP contribution < -0.4 is 4.90 Å². The lowest BCUT2D eigenvalue weighted by Gasteiger charge is -2.45. The standard InChI is InChI=1S/C31H38N2O15/c1-7-41-23-13-21(25-24-28(48-33(25)47-23)31(40)32(30(24)39)20-11-9-8-10-12-20)26(44-17(4)36)29(46-19(6)38)27(45-18(5)37)22(43-16(3)35)14-42-15(2)34/h8-12,21-29H,7,13-14H2,1-6H3/t21-,22+,23-,24-,25-,26-,27-,28+,29+/m0/s1. The van der Waals surface area contributed by atoms with Crippen molar-refractivity contribution in [2.75, 3.05) is 18.1 Å². The van der Waals surface area contributed by atoms with Gasteiger partial charge in [-0.25, -0.2) is 9.74 Å². The van der Waals surface area contributed by atoms with Crippen LogP contribution in [0.2, 0.25) is 0 Å². The van der Waals surface area contributed by atoms with Crippen LogP contribution in [-0.4, -0.2) is 103 Å². The third kappa shape index (κ3) is 8.15. The lowest BCUT2D eigenvalue weighted by Crippen LogP contribution is -2.61. The van der Waals surface area contributed by atoms with Gasteiger partial charge in [-0.05, 0) is 19.1 Å². The van der Waals surface area contributed by atoms with Gasteiger partial charge in [0, 0.05) is 53.6 Å². The van der Waals surface area contributed by atoms with Crippen LogP contribution in [0.15, 0.2) is 30.3 Å². The maximum Gasteiger partial charge on any atom is 0.303 e. The van der Waals surface area contributed by atoms with Crippen LogP contribution in [0.1, 0.15) is 48.0 Å². The smallest absolute Gasteiger partial charge is 0.303 e. The molecule has 4 rings (SSSR count). The van der Waals surface area contributed by atoms with Gasteiger partial charge in [-0.1, -0.05) is 23.4 Å². The molecular weight excluding hydrogens is 640 g/mol. The largest absolute Gasteiger partial charge is 0.462 e. The van der Waals surface area contributed by atoms with Crippen LogP contribution in [0.5, 0.6) is 0 Å². The number of fused-ring (bicyclic) bond motifs is 3. The normalized spacial score (nSPS) is 26.0. The molecule has 0 saturated carbocycles. The number of anilines is 1. The van der Waals surface area contributed by atoms with Gasteiger partial charge in [-0.15, -0.1) is 0 Å². The fraction of sp³-hybridized carbons (Fsp3) is 0.581. The van der Waals surface area contributed by atoms with Gasteiger partial charge in [-0.2, -0.15) is 0 Å². The van der Waals surface area contributed by atoms with E-state index in [0.717, 1.165) is 44.7 Å². The van der Waals surface area contributed by atoms with E-state index in [-0.39, 0.29) is 13.0 Å². The molecule has 9 atom stereocenters. The molecule has 0 spiro atoms. The third-order valence-corrected chi connectivity index (χ3v) is 7.73. The monoisotopic (exact) mass is 678 g/mol. The number of para-hydroxylation sites is 1. The number of rotatable bonds is 13. The molecule has 1 aromatic carbocycles. The van der Waals surface area contributed by atoms with Gasteiger partial charge in [0.25, 0.3) is 5.91 Å². The zero-order chi connectivity index (χ0) is 35.3. The number of hydrogen-bond donors (Lipinski definition) is 0. The van der Waals surface area contributed by atoms with Crippen LogP contribution in [0, 0.1) is 11.8 Å². The second-order valence-electron chi connectivity index (χ2n) is 11.2. The molecule has 3 saturated heterocycles. The second-order valence-corrected chi connectivity index (χ2v) is 11.2. The average Bonchev–Trinajstić information content (AvgIpc) is 3.50. The van der Waals surface area contributed by atoms with Crippen LogP contribution in [-0.2, 0) is 71.7 Å². The van der Waals surface area contributed by atoms with Crippen molar-refractivity contribution in [3.05, 3.63) is 30.3 Å². The molecule has 3 fully saturated rings. The summed E-state index contributed by atoms with van der Waals surface area (Å²) in [7, 11) is 0. The van der Waals surface area contributed by atoms with Crippen molar-refractivity contribution >= 4 is 47.3 Å². The second kappa shape index (κ2) is 15.6. The minimum atomic E-state index is -1.74. The zero-order valence-electron chi connectivity index (χ0n) is 27.2. The Bertz CT molecular complexity index is 1400. The summed E-state index contributed by atoms with van der Waals surface area (Å²) in [6.45, 7) is 6.50. The van der Waals surface area contributed by atoms with E-state index in [1.54, 1.807) is 37.3 Å². The molecule has 0 unspecified atom stereocenters. The molecule has 3 heterocycles. The van der Waals surface area contributed by atoms with E-state index < -0.39 is 103 Å². The number of amides is 2. The van der Waals surface area contributed by atoms with Crippen molar-refractivity contribution in [2.45, 2.75) is 90.8 Å². The molecule has 2 amide bonds. The highest BCUT2D eigenvalue weighted by Crippen LogP contribution is 2.47. The van der Waals surface area contributed by atoms with Gasteiger partial charge in [0.2, 0.25) is 5.91 Å². The summed E-state index contributed by atoms with van der Waals surface area (Å²) >= 11 is 0. The fourth-order valence-corrected chi connectivity index (χ4v) is 6.16. The first-order valence-corrected chi connectivity index (χ1v) is 15.2. The van der Waals surface area contributed by atoms with E-state index in [9.17, 15) is 33.6 Å². The van der Waals surface area contributed by atoms with Gasteiger partial charge < -0.3 is 28.4 Å². The molecule has 3 aliphatic rings. The predicted octanol–water partition coefficient (Wildman–Crippen LogP) is 0.764. The number of hydrogen-bond acceptors (Lipinski definition) is 16. The number of hydroxylamine groups is 2. The minimum Gasteiger partial charge on any atom is -0.462 e. The van der Waals surface area contributed by atoms with E-state index in [1.807, 2.05) is 0 Å². The highest BCUT2D eigenvalue weighted by Gasteiger charge is 2.66. The highest BCUT2D eigenvalue weighted by molar-refractivity contribution is 6.23. The SMILES string of the molecule is CCO[C@@H]1C[C@H]([C@H](OC(C)=O)[C@@H](OC(C)=O)[C@@H](OC(C)=O)[C@@H](COC(C)=O)OC(C)=O)[C@H]2[C@@H]3C(=O)N(c4ccccc4)C(=O)[C@@H]3ON2O1. The number of ether oxygens (including phenoxy) is 6. The van der Waals surface area contributed by atoms with Crippen LogP contribution in [0.25, 0.3) is 0 Å². The Morgan fingerprint density at radius 1 is 0.792 bits per heavy atom. The Morgan fingerprint density at radius 2 is 1.40 bits per heavy atom. The van der Waals surface area contributed by atoms with Crippen LogP contribution >= 0.6 is 0 Å². The molecule has 0 N–H and O–H groups in total. The molecule has 0 aromatic heterocycles. The lowest BCUT2D eigenvalue weighted by atomic mass is 9.78. The number of imide groups is 1. The molecule has 1 aromatic rings. The molecule has 0 radical (unpaired) electrons. The number of nitrogens with zero attached hydrogens (tertiary/aromatic N) is 2. The summed E-state index contributed by atoms with van der Waals surface area (Å²) in [6.07, 6.45) is -9.14. The highest BCUT2D eigenvalue weighted by atomic mass is 17.0. The summed E-state index contributed by atoms with van der Waals surface area (Å²) in [6, 6.07) is 7.03. The molecule has 0 aliphatic carbocycles. The van der Waals surface area contributed by atoms with Gasteiger partial charge >= 0.3 is 29.8 Å². The fourth-order valence-electron chi connectivity index (χ4n) is 6.16. The molecule has 262 valence electrons. The number of benzene rings is 1.